The molecule has 0 spiro atoms. The molecule has 0 aliphatic carbocycles. The minimum Gasteiger partial charge on any atom is -0.457 e. The molecule has 0 atom stereocenters. The molecular weight excluding hydrogens is 496 g/mol. The molecule has 3 nitrogen and oxygen atoms in total. The molecule has 0 unspecified atom stereocenters. The summed E-state index contributed by atoms with van der Waals surface area (Å²) in [7, 11) is 0. The number of benzene rings is 4. The van der Waals surface area contributed by atoms with Crippen LogP contribution in [0.3, 0.4) is 0 Å². The zero-order chi connectivity index (χ0) is 20.1. The van der Waals surface area contributed by atoms with Crippen molar-refractivity contribution in [2.75, 3.05) is 0 Å². The molecule has 0 amide bonds. The number of hydrogen-bond acceptors (Lipinski definition) is 3. The normalized spacial score (nSPS) is 10.4. The highest BCUT2D eigenvalue weighted by atomic mass is 79.9. The van der Waals surface area contributed by atoms with Gasteiger partial charge in [-0.15, -0.1) is 0 Å². The monoisotopic (exact) mass is 510 g/mol. The Morgan fingerprint density at radius 2 is 0.655 bits per heavy atom. The average molecular weight is 512 g/mol. The van der Waals surface area contributed by atoms with E-state index in [-0.39, 0.29) is 0 Å². The van der Waals surface area contributed by atoms with Crippen molar-refractivity contribution < 1.29 is 14.2 Å². The van der Waals surface area contributed by atoms with Gasteiger partial charge in [-0.3, -0.25) is 0 Å². The Morgan fingerprint density at radius 3 is 0.966 bits per heavy atom. The number of halogens is 2. The molecule has 0 aliphatic rings. The summed E-state index contributed by atoms with van der Waals surface area (Å²) in [6.45, 7) is 0. The van der Waals surface area contributed by atoms with E-state index < -0.39 is 0 Å². The fourth-order valence-electron chi connectivity index (χ4n) is 2.67. The van der Waals surface area contributed by atoms with Gasteiger partial charge in [-0.05, 0) is 60.7 Å². The first-order valence-electron chi connectivity index (χ1n) is 8.89. The van der Waals surface area contributed by atoms with Crippen LogP contribution in [0.2, 0.25) is 0 Å². The van der Waals surface area contributed by atoms with E-state index >= 15 is 0 Å². The zero-order valence-electron chi connectivity index (χ0n) is 15.2. The van der Waals surface area contributed by atoms with Gasteiger partial charge in [0.05, 0.1) is 0 Å². The van der Waals surface area contributed by atoms with Crippen molar-refractivity contribution in [3.8, 4) is 34.5 Å². The first-order valence-corrected chi connectivity index (χ1v) is 10.5. The maximum atomic E-state index is 6.00. The van der Waals surface area contributed by atoms with Crippen LogP contribution in [-0.2, 0) is 0 Å². The van der Waals surface area contributed by atoms with Gasteiger partial charge >= 0.3 is 0 Å². The molecule has 0 fully saturated rings. The van der Waals surface area contributed by atoms with Crippen molar-refractivity contribution >= 4 is 31.9 Å². The van der Waals surface area contributed by atoms with Crippen molar-refractivity contribution in [3.05, 3.63) is 106 Å². The zero-order valence-corrected chi connectivity index (χ0v) is 18.4. The van der Waals surface area contributed by atoms with Gasteiger partial charge in [0, 0.05) is 21.1 Å². The van der Waals surface area contributed by atoms with Crippen molar-refractivity contribution in [2.24, 2.45) is 0 Å². The van der Waals surface area contributed by atoms with Gasteiger partial charge < -0.3 is 14.2 Å². The summed E-state index contributed by atoms with van der Waals surface area (Å²) in [6, 6.07) is 30.4. The Morgan fingerprint density at radius 1 is 0.379 bits per heavy atom. The molecule has 0 aromatic heterocycles. The quantitative estimate of drug-likeness (QED) is 0.259. The number of rotatable bonds is 6. The lowest BCUT2D eigenvalue weighted by atomic mass is 10.3. The van der Waals surface area contributed by atoms with Crippen molar-refractivity contribution in [1.29, 1.82) is 0 Å². The maximum absolute atomic E-state index is 6.00. The second kappa shape index (κ2) is 9.16. The van der Waals surface area contributed by atoms with Gasteiger partial charge in [0.1, 0.15) is 34.5 Å². The van der Waals surface area contributed by atoms with Crippen LogP contribution >= 0.6 is 31.9 Å². The summed E-state index contributed by atoms with van der Waals surface area (Å²) in [5.74, 6) is 4.25. The molecular formula is C24H16Br2O3. The summed E-state index contributed by atoms with van der Waals surface area (Å²) in [4.78, 5) is 0. The Bertz CT molecular complexity index is 1040. The smallest absolute Gasteiger partial charge is 0.131 e. The molecule has 5 heteroatoms. The summed E-state index contributed by atoms with van der Waals surface area (Å²) in [5, 5.41) is 0. The highest BCUT2D eigenvalue weighted by Gasteiger charge is 2.05. The van der Waals surface area contributed by atoms with E-state index in [1.807, 2.05) is 97.1 Å². The second-order valence-corrected chi connectivity index (χ2v) is 8.00. The standard InChI is InChI=1S/C24H16Br2O3/c25-17-5-1-7-19(13-17)27-21-9-3-11-23(15-21)29-24-12-4-10-22(16-24)28-20-8-2-6-18(26)14-20/h1-16H. The molecule has 0 saturated carbocycles. The SMILES string of the molecule is Brc1cccc(Oc2cccc(Oc3cccc(Oc4cccc(Br)c4)c3)c2)c1. The lowest BCUT2D eigenvalue weighted by Crippen LogP contribution is -1.88. The molecule has 0 saturated heterocycles. The highest BCUT2D eigenvalue weighted by molar-refractivity contribution is 9.10. The fraction of sp³-hybridized carbons (Fsp3) is 0. The van der Waals surface area contributed by atoms with Crippen LogP contribution in [0.15, 0.2) is 106 Å². The van der Waals surface area contributed by atoms with Gasteiger partial charge in [-0.25, -0.2) is 0 Å². The Labute approximate surface area is 186 Å². The number of hydrogen-bond donors (Lipinski definition) is 0. The molecule has 29 heavy (non-hydrogen) atoms. The molecule has 0 radical (unpaired) electrons. The Hall–Kier alpha value is -2.76. The second-order valence-electron chi connectivity index (χ2n) is 6.17. The van der Waals surface area contributed by atoms with Crippen LogP contribution in [0, 0.1) is 0 Å². The molecule has 4 rings (SSSR count). The van der Waals surface area contributed by atoms with Crippen molar-refractivity contribution in [2.45, 2.75) is 0 Å². The van der Waals surface area contributed by atoms with Crippen LogP contribution < -0.4 is 14.2 Å². The van der Waals surface area contributed by atoms with E-state index in [0.29, 0.717) is 23.0 Å². The Kier molecular flexibility index (Phi) is 6.17. The van der Waals surface area contributed by atoms with E-state index in [1.54, 1.807) is 0 Å². The van der Waals surface area contributed by atoms with Crippen LogP contribution in [-0.4, -0.2) is 0 Å². The largest absolute Gasteiger partial charge is 0.457 e. The molecule has 0 bridgehead atoms. The van der Waals surface area contributed by atoms with E-state index in [2.05, 4.69) is 31.9 Å². The van der Waals surface area contributed by atoms with Crippen LogP contribution in [0.4, 0.5) is 0 Å². The predicted octanol–water partition coefficient (Wildman–Crippen LogP) is 8.59. The number of ether oxygens (including phenoxy) is 3. The van der Waals surface area contributed by atoms with Crippen LogP contribution in [0.5, 0.6) is 34.5 Å². The summed E-state index contributed by atoms with van der Waals surface area (Å²) < 4.78 is 19.8. The van der Waals surface area contributed by atoms with E-state index in [0.717, 1.165) is 20.4 Å². The maximum Gasteiger partial charge on any atom is 0.131 e. The van der Waals surface area contributed by atoms with E-state index in [4.69, 9.17) is 14.2 Å². The first-order chi connectivity index (χ1) is 14.1. The van der Waals surface area contributed by atoms with E-state index in [1.165, 1.54) is 0 Å². The summed E-state index contributed by atoms with van der Waals surface area (Å²) in [6.07, 6.45) is 0. The first kappa shape index (κ1) is 19.6. The van der Waals surface area contributed by atoms with Gasteiger partial charge in [0.25, 0.3) is 0 Å². The Balaban J connectivity index is 1.48. The lowest BCUT2D eigenvalue weighted by Gasteiger charge is -2.11. The van der Waals surface area contributed by atoms with Crippen LogP contribution in [0.25, 0.3) is 0 Å². The predicted molar refractivity (Wildman–Crippen MR) is 121 cm³/mol. The van der Waals surface area contributed by atoms with E-state index in [9.17, 15) is 0 Å². The summed E-state index contributed by atoms with van der Waals surface area (Å²) in [5.41, 5.74) is 0. The lowest BCUT2D eigenvalue weighted by molar-refractivity contribution is 0.451. The third-order valence-corrected chi connectivity index (χ3v) is 4.90. The van der Waals surface area contributed by atoms with Crippen molar-refractivity contribution in [3.63, 3.8) is 0 Å². The molecule has 0 N–H and O–H groups in total. The summed E-state index contributed by atoms with van der Waals surface area (Å²) >= 11 is 6.90. The molecule has 4 aromatic carbocycles. The highest BCUT2D eigenvalue weighted by Crippen LogP contribution is 2.32. The third kappa shape index (κ3) is 5.62. The molecule has 0 heterocycles. The average Bonchev–Trinajstić information content (AvgIpc) is 2.69. The van der Waals surface area contributed by atoms with Crippen molar-refractivity contribution in [1.82, 2.24) is 0 Å². The third-order valence-electron chi connectivity index (χ3n) is 3.91. The fourth-order valence-corrected chi connectivity index (χ4v) is 3.43. The molecule has 144 valence electrons. The van der Waals surface area contributed by atoms with Gasteiger partial charge in [0.15, 0.2) is 0 Å². The minimum absolute atomic E-state index is 0.678. The van der Waals surface area contributed by atoms with Gasteiger partial charge in [-0.2, -0.15) is 0 Å². The topological polar surface area (TPSA) is 27.7 Å². The molecule has 4 aromatic rings. The van der Waals surface area contributed by atoms with Gasteiger partial charge in [0.2, 0.25) is 0 Å². The van der Waals surface area contributed by atoms with Gasteiger partial charge in [-0.1, -0.05) is 56.1 Å². The molecule has 0 aliphatic heterocycles. The van der Waals surface area contributed by atoms with Crippen LogP contribution in [0.1, 0.15) is 0 Å². The minimum atomic E-state index is 0.678.